The average Bonchev–Trinajstić information content (AvgIpc) is 2.97. The lowest BCUT2D eigenvalue weighted by Gasteiger charge is -2.05. The Morgan fingerprint density at radius 2 is 2.05 bits per heavy atom. The Hall–Kier alpha value is -1.50. The van der Waals surface area contributed by atoms with Crippen LogP contribution in [0.1, 0.15) is 15.3 Å². The molecule has 0 aliphatic heterocycles. The molecule has 0 saturated heterocycles. The van der Waals surface area contributed by atoms with E-state index < -0.39 is 6.09 Å². The molecule has 0 bridgehead atoms. The first-order valence-electron chi connectivity index (χ1n) is 6.39. The molecule has 1 aromatic carbocycles. The molecule has 22 heavy (non-hydrogen) atoms. The van der Waals surface area contributed by atoms with E-state index in [9.17, 15) is 4.79 Å². The number of methoxy groups -OCH3 is 1. The van der Waals surface area contributed by atoms with Crippen LogP contribution in [0.4, 0.5) is 4.79 Å². The van der Waals surface area contributed by atoms with E-state index in [2.05, 4.69) is 27.6 Å². The number of nitrogens with zero attached hydrogens (tertiary/aromatic N) is 1. The van der Waals surface area contributed by atoms with Gasteiger partial charge in [-0.3, -0.25) is 0 Å². The van der Waals surface area contributed by atoms with Crippen LogP contribution in [0.5, 0.6) is 0 Å². The lowest BCUT2D eigenvalue weighted by molar-refractivity contribution is 0.171. The summed E-state index contributed by atoms with van der Waals surface area (Å²) in [6, 6.07) is 11.4. The molecule has 0 radical (unpaired) electrons. The molecule has 4 nitrogen and oxygen atoms in total. The summed E-state index contributed by atoms with van der Waals surface area (Å²) in [5, 5.41) is 4.84. The van der Waals surface area contributed by atoms with Gasteiger partial charge in [-0.05, 0) is 30.5 Å². The van der Waals surface area contributed by atoms with Gasteiger partial charge in [0.05, 0.1) is 12.0 Å². The number of amides is 1. The highest BCUT2D eigenvalue weighted by Gasteiger charge is 2.11. The summed E-state index contributed by atoms with van der Waals surface area (Å²) in [4.78, 5) is 13.5. The number of benzene rings is 1. The largest absolute Gasteiger partial charge is 0.452 e. The van der Waals surface area contributed by atoms with Crippen molar-refractivity contribution >= 4 is 46.5 Å². The second kappa shape index (κ2) is 8.22. The van der Waals surface area contributed by atoms with E-state index in [4.69, 9.17) is 11.6 Å². The number of rotatable bonds is 5. The highest BCUT2D eigenvalue weighted by atomic mass is 35.5. The molecule has 2 rings (SSSR count). The second-order valence-electron chi connectivity index (χ2n) is 4.27. The molecule has 1 N–H and O–H groups in total. The number of thioether (sulfide) groups is 1. The Kier molecular flexibility index (Phi) is 6.30. The predicted molar refractivity (Wildman–Crippen MR) is 94.2 cm³/mol. The first-order chi connectivity index (χ1) is 10.6. The summed E-state index contributed by atoms with van der Waals surface area (Å²) < 4.78 is 4.56. The zero-order chi connectivity index (χ0) is 15.9. The SMILES string of the molecule is COC(=O)NN=C(c1ccc(Cl)cc1)c1ccc(CSC)s1. The summed E-state index contributed by atoms with van der Waals surface area (Å²) in [6.45, 7) is 0. The first-order valence-corrected chi connectivity index (χ1v) is 8.98. The lowest BCUT2D eigenvalue weighted by atomic mass is 10.1. The number of nitrogens with one attached hydrogen (secondary N) is 1. The highest BCUT2D eigenvalue weighted by molar-refractivity contribution is 7.97. The third-order valence-electron chi connectivity index (χ3n) is 2.74. The third-order valence-corrected chi connectivity index (χ3v) is 4.87. The van der Waals surface area contributed by atoms with Crippen LogP contribution in [0.2, 0.25) is 5.02 Å². The van der Waals surface area contributed by atoms with E-state index in [1.807, 2.05) is 18.2 Å². The Balaban J connectivity index is 2.35. The number of hydrogen-bond acceptors (Lipinski definition) is 5. The van der Waals surface area contributed by atoms with Crippen LogP contribution in [-0.2, 0) is 10.5 Å². The summed E-state index contributed by atoms with van der Waals surface area (Å²) in [5.74, 6) is 0.947. The van der Waals surface area contributed by atoms with Gasteiger partial charge in [0.15, 0.2) is 0 Å². The summed E-state index contributed by atoms with van der Waals surface area (Å²) >= 11 is 9.34. The van der Waals surface area contributed by atoms with E-state index in [-0.39, 0.29) is 0 Å². The molecule has 0 aliphatic carbocycles. The number of carbonyl (C=O) groups excluding carboxylic acids is 1. The third kappa shape index (κ3) is 4.50. The van der Waals surface area contributed by atoms with Gasteiger partial charge >= 0.3 is 6.09 Å². The standard InChI is InChI=1S/C15H15ClN2O2S2/c1-20-15(19)18-17-14(10-3-5-11(16)6-4-10)13-8-7-12(22-13)9-21-2/h3-8H,9H2,1-2H3,(H,18,19). The van der Waals surface area contributed by atoms with E-state index >= 15 is 0 Å². The number of halogens is 1. The minimum Gasteiger partial charge on any atom is -0.452 e. The van der Waals surface area contributed by atoms with E-state index in [0.29, 0.717) is 10.7 Å². The van der Waals surface area contributed by atoms with Crippen molar-refractivity contribution in [3.8, 4) is 0 Å². The molecule has 2 aromatic rings. The minimum atomic E-state index is -0.604. The molecule has 0 fully saturated rings. The van der Waals surface area contributed by atoms with Gasteiger partial charge in [-0.25, -0.2) is 10.2 Å². The number of thiophene rings is 1. The second-order valence-corrected chi connectivity index (χ2v) is 6.74. The number of ether oxygens (including phenoxy) is 1. The van der Waals surface area contributed by atoms with E-state index in [1.54, 1.807) is 35.2 Å². The van der Waals surface area contributed by atoms with Gasteiger partial charge in [0.1, 0.15) is 5.71 Å². The van der Waals surface area contributed by atoms with Crippen LogP contribution in [0.25, 0.3) is 0 Å². The van der Waals surface area contributed by atoms with Crippen LogP contribution in [0, 0.1) is 0 Å². The maximum absolute atomic E-state index is 11.3. The van der Waals surface area contributed by atoms with Crippen LogP contribution < -0.4 is 5.43 Å². The van der Waals surface area contributed by atoms with Crippen LogP contribution in [-0.4, -0.2) is 25.2 Å². The molecule has 0 atom stereocenters. The topological polar surface area (TPSA) is 50.7 Å². The summed E-state index contributed by atoms with van der Waals surface area (Å²) in [7, 11) is 1.30. The van der Waals surface area contributed by atoms with Gasteiger partial charge in [-0.2, -0.15) is 16.9 Å². The van der Waals surface area contributed by atoms with Gasteiger partial charge in [0.2, 0.25) is 0 Å². The molecule has 0 spiro atoms. The van der Waals surface area contributed by atoms with Crippen molar-refractivity contribution in [2.45, 2.75) is 5.75 Å². The molecule has 1 amide bonds. The first kappa shape index (κ1) is 16.9. The molecule has 0 saturated carbocycles. The number of carbonyl (C=O) groups is 1. The maximum atomic E-state index is 11.3. The van der Waals surface area contributed by atoms with Crippen molar-refractivity contribution in [1.29, 1.82) is 0 Å². The van der Waals surface area contributed by atoms with Crippen molar-refractivity contribution in [3.05, 3.63) is 56.7 Å². The smallest absolute Gasteiger partial charge is 0.427 e. The molecular weight excluding hydrogens is 340 g/mol. The quantitative estimate of drug-likeness (QED) is 0.640. The Morgan fingerprint density at radius 3 is 2.68 bits per heavy atom. The molecule has 1 heterocycles. The number of hydrazone groups is 1. The summed E-state index contributed by atoms with van der Waals surface area (Å²) in [5.41, 5.74) is 3.93. The lowest BCUT2D eigenvalue weighted by Crippen LogP contribution is -2.19. The molecule has 7 heteroatoms. The van der Waals surface area contributed by atoms with Crippen molar-refractivity contribution in [2.24, 2.45) is 5.10 Å². The van der Waals surface area contributed by atoms with Crippen molar-refractivity contribution < 1.29 is 9.53 Å². The van der Waals surface area contributed by atoms with Gasteiger partial charge < -0.3 is 4.74 Å². The monoisotopic (exact) mass is 354 g/mol. The van der Waals surface area contributed by atoms with Crippen LogP contribution in [0.3, 0.4) is 0 Å². The fourth-order valence-electron chi connectivity index (χ4n) is 1.74. The van der Waals surface area contributed by atoms with Crippen LogP contribution in [0.15, 0.2) is 41.5 Å². The fraction of sp³-hybridized carbons (Fsp3) is 0.200. The Morgan fingerprint density at radius 1 is 1.32 bits per heavy atom. The van der Waals surface area contributed by atoms with E-state index in [1.165, 1.54) is 12.0 Å². The fourth-order valence-corrected chi connectivity index (χ4v) is 3.65. The van der Waals surface area contributed by atoms with E-state index in [0.717, 1.165) is 16.2 Å². The summed E-state index contributed by atoms with van der Waals surface area (Å²) in [6.07, 6.45) is 1.46. The molecule has 0 aliphatic rings. The van der Waals surface area contributed by atoms with Gasteiger partial charge in [-0.15, -0.1) is 11.3 Å². The normalized spacial score (nSPS) is 11.3. The number of hydrogen-bond donors (Lipinski definition) is 1. The maximum Gasteiger partial charge on any atom is 0.427 e. The predicted octanol–water partition coefficient (Wildman–Crippen LogP) is 4.37. The molecule has 1 aromatic heterocycles. The van der Waals surface area contributed by atoms with Crippen molar-refractivity contribution in [2.75, 3.05) is 13.4 Å². The van der Waals surface area contributed by atoms with Crippen molar-refractivity contribution in [3.63, 3.8) is 0 Å². The van der Waals surface area contributed by atoms with Gasteiger partial charge in [0.25, 0.3) is 0 Å². The molecule has 116 valence electrons. The average molecular weight is 355 g/mol. The van der Waals surface area contributed by atoms with Crippen molar-refractivity contribution in [1.82, 2.24) is 5.43 Å². The van der Waals surface area contributed by atoms with Crippen LogP contribution >= 0.6 is 34.7 Å². The highest BCUT2D eigenvalue weighted by Crippen LogP contribution is 2.24. The zero-order valence-electron chi connectivity index (χ0n) is 12.1. The minimum absolute atomic E-state index is 0.604. The molecular formula is C15H15ClN2O2S2. The zero-order valence-corrected chi connectivity index (χ0v) is 14.5. The van der Waals surface area contributed by atoms with Gasteiger partial charge in [0, 0.05) is 21.2 Å². The molecule has 0 unspecified atom stereocenters. The Bertz CT molecular complexity index is 668. The Labute approximate surface area is 142 Å². The van der Waals surface area contributed by atoms with Gasteiger partial charge in [-0.1, -0.05) is 23.7 Å².